The van der Waals surface area contributed by atoms with Gasteiger partial charge in [0.15, 0.2) is 0 Å². The second-order valence-corrected chi connectivity index (χ2v) is 6.66. The highest BCUT2D eigenvalue weighted by atomic mass is 16.5. The molecule has 1 saturated heterocycles. The highest BCUT2D eigenvalue weighted by Gasteiger charge is 2.31. The summed E-state index contributed by atoms with van der Waals surface area (Å²) in [4.78, 5) is 36.5. The van der Waals surface area contributed by atoms with E-state index in [9.17, 15) is 14.4 Å². The van der Waals surface area contributed by atoms with Crippen molar-refractivity contribution in [2.24, 2.45) is 7.05 Å². The Hall–Kier alpha value is -2.89. The van der Waals surface area contributed by atoms with Gasteiger partial charge in [0.2, 0.25) is 11.8 Å². The van der Waals surface area contributed by atoms with Gasteiger partial charge in [0, 0.05) is 20.1 Å². The first-order valence-electron chi connectivity index (χ1n) is 9.29. The second-order valence-electron chi connectivity index (χ2n) is 6.66. The van der Waals surface area contributed by atoms with E-state index >= 15 is 0 Å². The van der Waals surface area contributed by atoms with Crippen molar-refractivity contribution in [3.05, 3.63) is 34.2 Å². The molecule has 0 spiro atoms. The lowest BCUT2D eigenvalue weighted by atomic mass is 10.1. The van der Waals surface area contributed by atoms with Crippen molar-refractivity contribution in [1.82, 2.24) is 19.8 Å². The molecule has 0 saturated carbocycles. The van der Waals surface area contributed by atoms with Crippen LogP contribution in [0.4, 0.5) is 0 Å². The van der Waals surface area contributed by atoms with Gasteiger partial charge in [-0.1, -0.05) is 17.9 Å². The molecule has 1 aliphatic heterocycles. The average Bonchev–Trinajstić information content (AvgIpc) is 2.93. The molecule has 0 bridgehead atoms. The number of imide groups is 1. The van der Waals surface area contributed by atoms with Crippen molar-refractivity contribution in [2.45, 2.75) is 25.3 Å². The summed E-state index contributed by atoms with van der Waals surface area (Å²) >= 11 is 0. The molecular formula is C20H24N4O4. The van der Waals surface area contributed by atoms with Crippen LogP contribution in [-0.4, -0.2) is 47.8 Å². The third kappa shape index (κ3) is 4.01. The van der Waals surface area contributed by atoms with Gasteiger partial charge in [0.05, 0.1) is 16.6 Å². The maximum Gasteiger partial charge on any atom is 0.329 e. The van der Waals surface area contributed by atoms with Gasteiger partial charge in [0.25, 0.3) is 0 Å². The number of imidazole rings is 1. The molecule has 2 N–H and O–H groups in total. The second kappa shape index (κ2) is 8.87. The van der Waals surface area contributed by atoms with Crippen molar-refractivity contribution >= 4 is 22.8 Å². The predicted octanol–water partition coefficient (Wildman–Crippen LogP) is 0.295. The van der Waals surface area contributed by atoms with Crippen molar-refractivity contribution in [3.8, 4) is 11.8 Å². The number of hydrogen-bond donors (Lipinski definition) is 2. The summed E-state index contributed by atoms with van der Waals surface area (Å²) in [7, 11) is 3.55. The van der Waals surface area contributed by atoms with Gasteiger partial charge in [-0.2, -0.15) is 0 Å². The molecule has 1 aromatic heterocycles. The molecule has 148 valence electrons. The SMILES string of the molecule is CNCCCOCC#Cc1cccc2c1n(C)c(=O)n2C1CCC(=O)NC1=O. The first-order chi connectivity index (χ1) is 13.5. The summed E-state index contributed by atoms with van der Waals surface area (Å²) in [6.07, 6.45) is 1.43. The van der Waals surface area contributed by atoms with Gasteiger partial charge >= 0.3 is 5.69 Å². The third-order valence-electron chi connectivity index (χ3n) is 4.74. The summed E-state index contributed by atoms with van der Waals surface area (Å²) in [5.74, 6) is 5.29. The van der Waals surface area contributed by atoms with Crippen LogP contribution in [0.5, 0.6) is 0 Å². The van der Waals surface area contributed by atoms with Crippen LogP contribution in [0.15, 0.2) is 23.0 Å². The Morgan fingerprint density at radius 2 is 2.14 bits per heavy atom. The normalized spacial score (nSPS) is 16.7. The molecule has 0 aliphatic carbocycles. The lowest BCUT2D eigenvalue weighted by Gasteiger charge is -2.21. The minimum Gasteiger partial charge on any atom is -0.369 e. The highest BCUT2D eigenvalue weighted by molar-refractivity contribution is 6.00. The number of nitrogens with one attached hydrogen (secondary N) is 2. The van der Waals surface area contributed by atoms with E-state index in [2.05, 4.69) is 22.5 Å². The maximum atomic E-state index is 12.8. The summed E-state index contributed by atoms with van der Waals surface area (Å²) in [5.41, 5.74) is 1.69. The van der Waals surface area contributed by atoms with Crippen molar-refractivity contribution in [2.75, 3.05) is 26.8 Å². The Labute approximate surface area is 162 Å². The fourth-order valence-electron chi connectivity index (χ4n) is 3.37. The molecular weight excluding hydrogens is 360 g/mol. The Balaban J connectivity index is 1.89. The number of benzene rings is 1. The van der Waals surface area contributed by atoms with Gasteiger partial charge < -0.3 is 10.1 Å². The fourth-order valence-corrected chi connectivity index (χ4v) is 3.37. The van der Waals surface area contributed by atoms with E-state index in [1.54, 1.807) is 13.1 Å². The summed E-state index contributed by atoms with van der Waals surface area (Å²) < 4.78 is 8.43. The Morgan fingerprint density at radius 1 is 1.32 bits per heavy atom. The third-order valence-corrected chi connectivity index (χ3v) is 4.74. The molecule has 3 rings (SSSR count). The number of aromatic nitrogens is 2. The molecule has 1 unspecified atom stereocenters. The van der Waals surface area contributed by atoms with E-state index in [1.165, 1.54) is 9.13 Å². The summed E-state index contributed by atoms with van der Waals surface area (Å²) in [6.45, 7) is 1.83. The molecule has 1 atom stereocenters. The van der Waals surface area contributed by atoms with E-state index in [-0.39, 0.29) is 18.0 Å². The molecule has 8 nitrogen and oxygen atoms in total. The van der Waals surface area contributed by atoms with Gasteiger partial charge in [-0.15, -0.1) is 0 Å². The van der Waals surface area contributed by atoms with Crippen molar-refractivity contribution in [3.63, 3.8) is 0 Å². The molecule has 1 aliphatic rings. The van der Waals surface area contributed by atoms with Gasteiger partial charge in [-0.25, -0.2) is 4.79 Å². The van der Waals surface area contributed by atoms with Crippen molar-refractivity contribution in [1.29, 1.82) is 0 Å². The van der Waals surface area contributed by atoms with Gasteiger partial charge in [0.1, 0.15) is 12.6 Å². The lowest BCUT2D eigenvalue weighted by Crippen LogP contribution is -2.44. The molecule has 2 amide bonds. The number of aryl methyl sites for hydroxylation is 1. The maximum absolute atomic E-state index is 12.8. The number of para-hydroxylation sites is 1. The standard InChI is InChI=1S/C20H24N4O4/c1-21-11-5-13-28-12-4-7-14-6-3-8-15-18(14)23(2)20(27)24(15)16-9-10-17(25)22-19(16)26/h3,6,8,16,21H,5,9-13H2,1-2H3,(H,22,25,26). The number of fused-ring (bicyclic) bond motifs is 1. The number of piperidine rings is 1. The molecule has 28 heavy (non-hydrogen) atoms. The van der Waals surface area contributed by atoms with E-state index in [0.29, 0.717) is 36.2 Å². The van der Waals surface area contributed by atoms with Gasteiger partial charge in [-0.3, -0.25) is 24.0 Å². The summed E-state index contributed by atoms with van der Waals surface area (Å²) in [6, 6.07) is 4.74. The van der Waals surface area contributed by atoms with Crippen LogP contribution >= 0.6 is 0 Å². The largest absolute Gasteiger partial charge is 0.369 e. The van der Waals surface area contributed by atoms with E-state index in [0.717, 1.165) is 13.0 Å². The molecule has 0 radical (unpaired) electrons. The Kier molecular flexibility index (Phi) is 6.29. The Morgan fingerprint density at radius 3 is 2.89 bits per heavy atom. The smallest absolute Gasteiger partial charge is 0.329 e. The van der Waals surface area contributed by atoms with Crippen LogP contribution in [0.25, 0.3) is 11.0 Å². The van der Waals surface area contributed by atoms with Crippen LogP contribution in [-0.2, 0) is 21.4 Å². The highest BCUT2D eigenvalue weighted by Crippen LogP contribution is 2.24. The van der Waals surface area contributed by atoms with Crippen LogP contribution in [0.2, 0.25) is 0 Å². The number of amides is 2. The molecule has 8 heteroatoms. The molecule has 2 heterocycles. The van der Waals surface area contributed by atoms with Crippen LogP contribution in [0, 0.1) is 11.8 Å². The van der Waals surface area contributed by atoms with Crippen LogP contribution in [0.1, 0.15) is 30.9 Å². The lowest BCUT2D eigenvalue weighted by molar-refractivity contribution is -0.135. The zero-order valence-corrected chi connectivity index (χ0v) is 16.1. The number of hydrogen-bond acceptors (Lipinski definition) is 5. The van der Waals surface area contributed by atoms with E-state index in [1.807, 2.05) is 19.2 Å². The minimum absolute atomic E-state index is 0.212. The molecule has 1 aromatic carbocycles. The monoisotopic (exact) mass is 384 g/mol. The summed E-state index contributed by atoms with van der Waals surface area (Å²) in [5, 5.41) is 5.36. The zero-order valence-electron chi connectivity index (χ0n) is 16.1. The molecule has 2 aromatic rings. The topological polar surface area (TPSA) is 94.4 Å². The fraction of sp³-hybridized carbons (Fsp3) is 0.450. The number of rotatable bonds is 6. The van der Waals surface area contributed by atoms with E-state index in [4.69, 9.17) is 4.74 Å². The average molecular weight is 384 g/mol. The first kappa shape index (κ1) is 19.9. The Bertz CT molecular complexity index is 1010. The van der Waals surface area contributed by atoms with Gasteiger partial charge in [-0.05, 0) is 38.6 Å². The number of carbonyl (C=O) groups excluding carboxylic acids is 2. The van der Waals surface area contributed by atoms with Crippen LogP contribution in [0.3, 0.4) is 0 Å². The first-order valence-corrected chi connectivity index (χ1v) is 9.29. The molecule has 1 fully saturated rings. The predicted molar refractivity (Wildman–Crippen MR) is 105 cm³/mol. The number of ether oxygens (including phenoxy) is 1. The van der Waals surface area contributed by atoms with Crippen molar-refractivity contribution < 1.29 is 14.3 Å². The quantitative estimate of drug-likeness (QED) is 0.424. The van der Waals surface area contributed by atoms with Crippen LogP contribution < -0.4 is 16.3 Å². The number of nitrogens with zero attached hydrogens (tertiary/aromatic N) is 2. The minimum atomic E-state index is -0.701. The zero-order chi connectivity index (χ0) is 20.1. The van der Waals surface area contributed by atoms with E-state index < -0.39 is 11.9 Å². The number of carbonyl (C=O) groups is 2.